The molecule has 0 saturated heterocycles. The first-order chi connectivity index (χ1) is 6.93. The van der Waals surface area contributed by atoms with Crippen LogP contribution in [0.15, 0.2) is 18.2 Å². The van der Waals surface area contributed by atoms with Crippen LogP contribution in [0.3, 0.4) is 0 Å². The van der Waals surface area contributed by atoms with Crippen molar-refractivity contribution in [1.29, 1.82) is 0 Å². The first-order valence-electron chi connectivity index (χ1n) is 4.05. The van der Waals surface area contributed by atoms with Crippen molar-refractivity contribution in [2.75, 3.05) is 0 Å². The lowest BCUT2D eigenvalue weighted by Gasteiger charge is -2.15. The van der Waals surface area contributed by atoms with E-state index in [1.165, 1.54) is 0 Å². The highest BCUT2D eigenvalue weighted by atomic mass is 35.5. The second-order valence-corrected chi connectivity index (χ2v) is 4.35. The molecule has 0 bridgehead atoms. The number of rotatable bonds is 3. The number of hydrogen-bond acceptors (Lipinski definition) is 3. The number of nitrogens with two attached hydrogens (primary N) is 1. The minimum atomic E-state index is -1.11. The van der Waals surface area contributed by atoms with Crippen molar-refractivity contribution in [3.8, 4) is 0 Å². The van der Waals surface area contributed by atoms with Gasteiger partial charge < -0.3 is 10.8 Å². The number of halogens is 2. The summed E-state index contributed by atoms with van der Waals surface area (Å²) in [6, 6.07) is 3.71. The molecule has 3 N–H and O–H groups in total. The number of carboxylic acids is 1. The fourth-order valence-electron chi connectivity index (χ4n) is 1.04. The maximum Gasteiger partial charge on any atom is 0.321 e. The summed E-state index contributed by atoms with van der Waals surface area (Å²) in [5, 5.41) is 8.85. The van der Waals surface area contributed by atoms with Crippen molar-refractivity contribution in [3.63, 3.8) is 0 Å². The molecule has 0 aliphatic carbocycles. The van der Waals surface area contributed by atoms with Crippen molar-refractivity contribution >= 4 is 41.8 Å². The molecule has 0 fully saturated rings. The van der Waals surface area contributed by atoms with Gasteiger partial charge in [0.05, 0.1) is 15.3 Å². The van der Waals surface area contributed by atoms with Gasteiger partial charge >= 0.3 is 5.97 Å². The number of aliphatic carboxylic acids is 1. The Hall–Kier alpha value is -0.420. The van der Waals surface area contributed by atoms with E-state index in [-0.39, 0.29) is 0 Å². The Labute approximate surface area is 103 Å². The molecule has 0 saturated carbocycles. The van der Waals surface area contributed by atoms with Crippen LogP contribution in [0.5, 0.6) is 0 Å². The Morgan fingerprint density at radius 1 is 1.40 bits per heavy atom. The summed E-state index contributed by atoms with van der Waals surface area (Å²) in [7, 11) is 0. The Balaban J connectivity index is 2.96. The Kier molecular flexibility index (Phi) is 4.28. The maximum absolute atomic E-state index is 10.6. The summed E-state index contributed by atoms with van der Waals surface area (Å²) in [5.41, 5.74) is 6.06. The molecule has 0 radical (unpaired) electrons. The molecule has 82 valence electrons. The van der Waals surface area contributed by atoms with Crippen LogP contribution >= 0.6 is 35.8 Å². The predicted molar refractivity (Wildman–Crippen MR) is 63.8 cm³/mol. The molecule has 1 aromatic carbocycles. The molecule has 2 unspecified atom stereocenters. The predicted octanol–water partition coefficient (Wildman–Crippen LogP) is 2.38. The number of hydrogen-bond donors (Lipinski definition) is 3. The quantitative estimate of drug-likeness (QED) is 0.736. The average Bonchev–Trinajstić information content (AvgIpc) is 2.19. The van der Waals surface area contributed by atoms with E-state index >= 15 is 0 Å². The van der Waals surface area contributed by atoms with Gasteiger partial charge in [0.2, 0.25) is 0 Å². The maximum atomic E-state index is 10.6. The van der Waals surface area contributed by atoms with Crippen molar-refractivity contribution < 1.29 is 9.90 Å². The van der Waals surface area contributed by atoms with Gasteiger partial charge in [-0.15, -0.1) is 0 Å². The topological polar surface area (TPSA) is 63.3 Å². The van der Waals surface area contributed by atoms with Crippen LogP contribution in [-0.4, -0.2) is 17.1 Å². The highest BCUT2D eigenvalue weighted by Gasteiger charge is 2.22. The third-order valence-electron chi connectivity index (χ3n) is 1.91. The van der Waals surface area contributed by atoms with Gasteiger partial charge in [-0.1, -0.05) is 29.3 Å². The van der Waals surface area contributed by atoms with E-state index < -0.39 is 17.3 Å². The second-order valence-electron chi connectivity index (χ2n) is 2.98. The van der Waals surface area contributed by atoms with Crippen molar-refractivity contribution in [1.82, 2.24) is 0 Å². The summed E-state index contributed by atoms with van der Waals surface area (Å²) in [6.07, 6.45) is 0. The van der Waals surface area contributed by atoms with Gasteiger partial charge in [0.25, 0.3) is 0 Å². The number of carbonyl (C=O) groups is 1. The van der Waals surface area contributed by atoms with Gasteiger partial charge in [-0.25, -0.2) is 0 Å². The number of benzene rings is 1. The zero-order valence-electron chi connectivity index (χ0n) is 7.52. The lowest BCUT2D eigenvalue weighted by Crippen LogP contribution is -2.34. The number of carboxylic acid groups (broad SMARTS) is 1. The smallest absolute Gasteiger partial charge is 0.321 e. The standard InChI is InChI=1S/C9H9Cl2NO2S/c10-5-2-1-4(3-6(5)11)8(15)7(12)9(13)14/h1-3,7-8,15H,12H2,(H,13,14). The second kappa shape index (κ2) is 5.07. The van der Waals surface area contributed by atoms with Crippen LogP contribution in [0.1, 0.15) is 10.8 Å². The van der Waals surface area contributed by atoms with Crippen LogP contribution in [0.4, 0.5) is 0 Å². The zero-order valence-corrected chi connectivity index (χ0v) is 9.93. The number of thiol groups is 1. The van der Waals surface area contributed by atoms with E-state index in [1.807, 2.05) is 0 Å². The van der Waals surface area contributed by atoms with E-state index in [4.69, 9.17) is 34.0 Å². The Bertz CT molecular complexity index is 386. The van der Waals surface area contributed by atoms with Crippen LogP contribution in [0, 0.1) is 0 Å². The Morgan fingerprint density at radius 2 is 2.00 bits per heavy atom. The molecule has 0 amide bonds. The third-order valence-corrected chi connectivity index (χ3v) is 3.27. The molecule has 1 aromatic rings. The highest BCUT2D eigenvalue weighted by molar-refractivity contribution is 7.80. The molecule has 0 spiro atoms. The van der Waals surface area contributed by atoms with Crippen LogP contribution in [0.2, 0.25) is 10.0 Å². The zero-order chi connectivity index (χ0) is 11.6. The molecule has 3 nitrogen and oxygen atoms in total. The minimum absolute atomic E-state index is 0.353. The van der Waals surface area contributed by atoms with Crippen molar-refractivity contribution in [2.24, 2.45) is 5.73 Å². The minimum Gasteiger partial charge on any atom is -0.480 e. The van der Waals surface area contributed by atoms with Gasteiger partial charge in [0.1, 0.15) is 6.04 Å². The lowest BCUT2D eigenvalue weighted by atomic mass is 10.1. The molecule has 6 heteroatoms. The summed E-state index contributed by atoms with van der Waals surface area (Å²) in [4.78, 5) is 10.6. The van der Waals surface area contributed by atoms with Crippen LogP contribution in [-0.2, 0) is 4.79 Å². The molecule has 2 atom stereocenters. The molecular formula is C9H9Cl2NO2S. The summed E-state index contributed by atoms with van der Waals surface area (Å²) < 4.78 is 0. The molecule has 0 aliphatic rings. The highest BCUT2D eigenvalue weighted by Crippen LogP contribution is 2.29. The van der Waals surface area contributed by atoms with Gasteiger partial charge in [0.15, 0.2) is 0 Å². The van der Waals surface area contributed by atoms with Crippen molar-refractivity contribution in [2.45, 2.75) is 11.3 Å². The third kappa shape index (κ3) is 3.01. The molecule has 0 aromatic heterocycles. The van der Waals surface area contributed by atoms with E-state index in [2.05, 4.69) is 12.6 Å². The summed E-state index contributed by atoms with van der Waals surface area (Å²) in [5.74, 6) is -1.11. The van der Waals surface area contributed by atoms with Crippen LogP contribution in [0.25, 0.3) is 0 Å². The van der Waals surface area contributed by atoms with Crippen molar-refractivity contribution in [3.05, 3.63) is 33.8 Å². The first kappa shape index (κ1) is 12.6. The fraction of sp³-hybridized carbons (Fsp3) is 0.222. The van der Waals surface area contributed by atoms with Crippen LogP contribution < -0.4 is 5.73 Å². The van der Waals surface area contributed by atoms with Gasteiger partial charge in [-0.2, -0.15) is 12.6 Å². The van der Waals surface area contributed by atoms with E-state index in [0.717, 1.165) is 0 Å². The molecule has 0 heterocycles. The average molecular weight is 266 g/mol. The lowest BCUT2D eigenvalue weighted by molar-refractivity contribution is -0.138. The molecular weight excluding hydrogens is 257 g/mol. The Morgan fingerprint density at radius 3 is 2.47 bits per heavy atom. The van der Waals surface area contributed by atoms with E-state index in [9.17, 15) is 4.79 Å². The molecule has 0 aliphatic heterocycles. The van der Waals surface area contributed by atoms with Gasteiger partial charge in [0, 0.05) is 0 Å². The first-order valence-corrected chi connectivity index (χ1v) is 5.32. The monoisotopic (exact) mass is 265 g/mol. The van der Waals surface area contributed by atoms with Gasteiger partial charge in [-0.05, 0) is 17.7 Å². The largest absolute Gasteiger partial charge is 0.480 e. The SMILES string of the molecule is NC(C(=O)O)C(S)c1ccc(Cl)c(Cl)c1. The summed E-state index contributed by atoms with van der Waals surface area (Å²) in [6.45, 7) is 0. The summed E-state index contributed by atoms with van der Waals surface area (Å²) >= 11 is 15.6. The van der Waals surface area contributed by atoms with E-state index in [1.54, 1.807) is 18.2 Å². The van der Waals surface area contributed by atoms with Gasteiger partial charge in [-0.3, -0.25) is 4.79 Å². The normalized spacial score (nSPS) is 14.7. The van der Waals surface area contributed by atoms with E-state index in [0.29, 0.717) is 15.6 Å². The molecule has 1 rings (SSSR count). The molecule has 15 heavy (non-hydrogen) atoms. The fourth-order valence-corrected chi connectivity index (χ4v) is 1.63.